The van der Waals surface area contributed by atoms with Crippen LogP contribution in [0.5, 0.6) is 23.0 Å². The molecule has 36 heavy (non-hydrogen) atoms. The molecule has 0 spiro atoms. The minimum absolute atomic E-state index is 0.841. The summed E-state index contributed by atoms with van der Waals surface area (Å²) in [5.41, 5.74) is 7.18. The van der Waals surface area contributed by atoms with Gasteiger partial charge in [-0.3, -0.25) is 0 Å². The summed E-state index contributed by atoms with van der Waals surface area (Å²) < 4.78 is 22.1. The maximum Gasteiger partial charge on any atom is 0.126 e. The molecule has 0 atom stereocenters. The van der Waals surface area contributed by atoms with Crippen LogP contribution in [-0.2, 0) is 25.7 Å². The Morgan fingerprint density at radius 1 is 0.389 bits per heavy atom. The lowest BCUT2D eigenvalue weighted by Crippen LogP contribution is -1.98. The minimum Gasteiger partial charge on any atom is -0.497 e. The largest absolute Gasteiger partial charge is 0.497 e. The Labute approximate surface area is 214 Å². The zero-order valence-electron chi connectivity index (χ0n) is 21.5. The molecule has 0 saturated carbocycles. The molecule has 0 N–H and O–H groups in total. The summed E-state index contributed by atoms with van der Waals surface area (Å²) in [7, 11) is 6.82. The number of methoxy groups -OCH3 is 4. The lowest BCUT2D eigenvalue weighted by molar-refractivity contribution is 0.410. The van der Waals surface area contributed by atoms with Crippen LogP contribution in [0.2, 0.25) is 0 Å². The quantitative estimate of drug-likeness (QED) is 0.232. The van der Waals surface area contributed by atoms with Gasteiger partial charge in [-0.05, 0) is 96.5 Å². The van der Waals surface area contributed by atoms with Crippen molar-refractivity contribution in [3.8, 4) is 34.1 Å². The van der Waals surface area contributed by atoms with Gasteiger partial charge in [-0.15, -0.1) is 0 Å². The maximum absolute atomic E-state index is 5.75. The lowest BCUT2D eigenvalue weighted by atomic mass is 9.95. The van der Waals surface area contributed by atoms with Crippen LogP contribution in [0, 0.1) is 0 Å². The van der Waals surface area contributed by atoms with E-state index in [9.17, 15) is 0 Å². The zero-order chi connectivity index (χ0) is 25.3. The third kappa shape index (κ3) is 6.19. The van der Waals surface area contributed by atoms with Crippen molar-refractivity contribution < 1.29 is 18.9 Å². The van der Waals surface area contributed by atoms with Gasteiger partial charge in [0.2, 0.25) is 0 Å². The van der Waals surface area contributed by atoms with Gasteiger partial charge in [0.1, 0.15) is 23.0 Å². The molecule has 4 nitrogen and oxygen atoms in total. The van der Waals surface area contributed by atoms with E-state index in [1.165, 1.54) is 22.3 Å². The Balaban J connectivity index is 1.55. The Kier molecular flexibility index (Phi) is 8.51. The predicted molar refractivity (Wildman–Crippen MR) is 146 cm³/mol. The average molecular weight is 483 g/mol. The highest BCUT2D eigenvalue weighted by Crippen LogP contribution is 2.38. The molecule has 4 aromatic rings. The van der Waals surface area contributed by atoms with E-state index in [4.69, 9.17) is 18.9 Å². The number of benzene rings is 4. The number of aryl methyl sites for hydroxylation is 4. The van der Waals surface area contributed by atoms with Gasteiger partial charge >= 0.3 is 0 Å². The SMILES string of the molecule is COc1ccc(CCc2ccc(OC)c(-c3cc(CCc4ccc(OC)cc4)ccc3OC)c2)cc1. The summed E-state index contributed by atoms with van der Waals surface area (Å²) in [5.74, 6) is 3.44. The molecule has 4 aromatic carbocycles. The van der Waals surface area contributed by atoms with E-state index in [1.807, 2.05) is 24.3 Å². The van der Waals surface area contributed by atoms with Crippen LogP contribution in [-0.4, -0.2) is 28.4 Å². The first kappa shape index (κ1) is 25.2. The fourth-order valence-corrected chi connectivity index (χ4v) is 4.40. The molecule has 0 unspecified atom stereocenters. The zero-order valence-corrected chi connectivity index (χ0v) is 21.5. The van der Waals surface area contributed by atoms with Gasteiger partial charge in [0.15, 0.2) is 0 Å². The second-order valence-electron chi connectivity index (χ2n) is 8.77. The molecule has 186 valence electrons. The van der Waals surface area contributed by atoms with E-state index in [0.29, 0.717) is 0 Å². The highest BCUT2D eigenvalue weighted by atomic mass is 16.5. The number of rotatable bonds is 11. The monoisotopic (exact) mass is 482 g/mol. The molecular weight excluding hydrogens is 448 g/mol. The van der Waals surface area contributed by atoms with Gasteiger partial charge in [0.05, 0.1) is 28.4 Å². The summed E-state index contributed by atoms with van der Waals surface area (Å²) in [6.07, 6.45) is 3.77. The molecular formula is C32H34O4. The van der Waals surface area contributed by atoms with Crippen molar-refractivity contribution in [3.05, 3.63) is 107 Å². The highest BCUT2D eigenvalue weighted by molar-refractivity contribution is 5.77. The number of ether oxygens (including phenoxy) is 4. The molecule has 0 aromatic heterocycles. The fraction of sp³-hybridized carbons (Fsp3) is 0.250. The third-order valence-corrected chi connectivity index (χ3v) is 6.54. The molecule has 0 saturated heterocycles. The van der Waals surface area contributed by atoms with E-state index < -0.39 is 0 Å². The molecule has 0 fully saturated rings. The smallest absolute Gasteiger partial charge is 0.126 e. The summed E-state index contributed by atoms with van der Waals surface area (Å²) in [5, 5.41) is 0. The molecule has 0 aliphatic carbocycles. The fourth-order valence-electron chi connectivity index (χ4n) is 4.40. The van der Waals surface area contributed by atoms with Gasteiger partial charge in [0.25, 0.3) is 0 Å². The molecule has 0 radical (unpaired) electrons. The number of hydrogen-bond donors (Lipinski definition) is 0. The molecule has 0 bridgehead atoms. The van der Waals surface area contributed by atoms with Crippen LogP contribution in [0.4, 0.5) is 0 Å². The lowest BCUT2D eigenvalue weighted by Gasteiger charge is -2.16. The average Bonchev–Trinajstić information content (AvgIpc) is 2.95. The van der Waals surface area contributed by atoms with Crippen molar-refractivity contribution in [1.82, 2.24) is 0 Å². The summed E-state index contributed by atoms with van der Waals surface area (Å²) in [6.45, 7) is 0. The van der Waals surface area contributed by atoms with Crippen molar-refractivity contribution in [2.75, 3.05) is 28.4 Å². The predicted octanol–water partition coefficient (Wildman–Crippen LogP) is 6.96. The first-order valence-electron chi connectivity index (χ1n) is 12.2. The van der Waals surface area contributed by atoms with Crippen LogP contribution in [0.1, 0.15) is 22.3 Å². The van der Waals surface area contributed by atoms with Gasteiger partial charge in [0, 0.05) is 11.1 Å². The highest BCUT2D eigenvalue weighted by Gasteiger charge is 2.14. The normalized spacial score (nSPS) is 10.7. The molecule has 0 amide bonds. The van der Waals surface area contributed by atoms with E-state index in [-0.39, 0.29) is 0 Å². The summed E-state index contributed by atoms with van der Waals surface area (Å²) in [6, 6.07) is 29.4. The number of hydrogen-bond acceptors (Lipinski definition) is 4. The van der Waals surface area contributed by atoms with Crippen LogP contribution in [0.25, 0.3) is 11.1 Å². The summed E-state index contributed by atoms with van der Waals surface area (Å²) >= 11 is 0. The third-order valence-electron chi connectivity index (χ3n) is 6.54. The Morgan fingerprint density at radius 2 is 0.722 bits per heavy atom. The van der Waals surface area contributed by atoms with E-state index in [2.05, 4.69) is 60.7 Å². The second-order valence-corrected chi connectivity index (χ2v) is 8.77. The van der Waals surface area contributed by atoms with E-state index in [0.717, 1.165) is 59.8 Å². The first-order chi connectivity index (χ1) is 17.6. The molecule has 4 rings (SSSR count). The van der Waals surface area contributed by atoms with E-state index >= 15 is 0 Å². The van der Waals surface area contributed by atoms with Crippen molar-refractivity contribution in [2.45, 2.75) is 25.7 Å². The first-order valence-corrected chi connectivity index (χ1v) is 12.2. The molecule has 4 heteroatoms. The standard InChI is InChI=1S/C32H34O4/c1-33-27-15-9-23(10-16-27)5-7-25-13-19-31(35-3)29(21-25)30-22-26(14-20-32(30)36-4)8-6-24-11-17-28(34-2)18-12-24/h9-22H,5-8H2,1-4H3. The topological polar surface area (TPSA) is 36.9 Å². The molecule has 0 aliphatic heterocycles. The molecule has 0 aliphatic rings. The van der Waals surface area contributed by atoms with Crippen molar-refractivity contribution in [3.63, 3.8) is 0 Å². The van der Waals surface area contributed by atoms with Crippen molar-refractivity contribution in [2.24, 2.45) is 0 Å². The van der Waals surface area contributed by atoms with Gasteiger partial charge in [-0.1, -0.05) is 36.4 Å². The van der Waals surface area contributed by atoms with Crippen LogP contribution >= 0.6 is 0 Å². The van der Waals surface area contributed by atoms with Crippen molar-refractivity contribution >= 4 is 0 Å². The Morgan fingerprint density at radius 3 is 1.06 bits per heavy atom. The van der Waals surface area contributed by atoms with Crippen LogP contribution < -0.4 is 18.9 Å². The maximum atomic E-state index is 5.75. The Bertz CT molecular complexity index is 1160. The van der Waals surface area contributed by atoms with Crippen LogP contribution in [0.3, 0.4) is 0 Å². The van der Waals surface area contributed by atoms with Crippen molar-refractivity contribution in [1.29, 1.82) is 0 Å². The van der Waals surface area contributed by atoms with Gasteiger partial charge in [-0.2, -0.15) is 0 Å². The van der Waals surface area contributed by atoms with Gasteiger partial charge in [-0.25, -0.2) is 0 Å². The van der Waals surface area contributed by atoms with Crippen LogP contribution in [0.15, 0.2) is 84.9 Å². The minimum atomic E-state index is 0.841. The Hall–Kier alpha value is -3.92. The molecule has 0 heterocycles. The second kappa shape index (κ2) is 12.2. The summed E-state index contributed by atoms with van der Waals surface area (Å²) in [4.78, 5) is 0. The van der Waals surface area contributed by atoms with Gasteiger partial charge < -0.3 is 18.9 Å². The van der Waals surface area contributed by atoms with E-state index in [1.54, 1.807) is 28.4 Å².